The molecule has 1 atom stereocenters. The highest BCUT2D eigenvalue weighted by molar-refractivity contribution is 5.88. The standard InChI is InChI=1S/C31H38N2O4/c1-5-36-28-18-16-25(21-29(28)37-6-2)17-19-30(34)33(22-26-15-11-10-12-23(26)3)27(31(35)32-4)20-24-13-8-7-9-14-24/h7-16,18,21,27H,5-6,17,19-20,22H2,1-4H3,(H,32,35)/t27-/m1/s1. The number of likely N-dealkylation sites (N-methyl/N-ethyl adjacent to an activating group) is 1. The second-order valence-electron chi connectivity index (χ2n) is 8.92. The maximum atomic E-state index is 13.8. The Morgan fingerprint density at radius 3 is 2.22 bits per heavy atom. The maximum absolute atomic E-state index is 13.8. The molecule has 3 aromatic carbocycles. The molecular weight excluding hydrogens is 464 g/mol. The number of benzene rings is 3. The fourth-order valence-electron chi connectivity index (χ4n) is 4.34. The van der Waals surface area contributed by atoms with E-state index in [1.54, 1.807) is 11.9 Å². The second-order valence-corrected chi connectivity index (χ2v) is 8.92. The minimum Gasteiger partial charge on any atom is -0.490 e. The molecule has 37 heavy (non-hydrogen) atoms. The summed E-state index contributed by atoms with van der Waals surface area (Å²) in [5, 5.41) is 2.77. The van der Waals surface area contributed by atoms with Crippen molar-refractivity contribution in [3.8, 4) is 11.5 Å². The average molecular weight is 503 g/mol. The number of hydrogen-bond donors (Lipinski definition) is 1. The van der Waals surface area contributed by atoms with Gasteiger partial charge in [-0.3, -0.25) is 9.59 Å². The molecule has 0 unspecified atom stereocenters. The Balaban J connectivity index is 1.87. The van der Waals surface area contributed by atoms with Gasteiger partial charge in [-0.2, -0.15) is 0 Å². The van der Waals surface area contributed by atoms with Crippen LogP contribution in [0.15, 0.2) is 72.8 Å². The molecule has 0 radical (unpaired) electrons. The molecule has 0 heterocycles. The number of nitrogens with one attached hydrogen (secondary N) is 1. The summed E-state index contributed by atoms with van der Waals surface area (Å²) in [4.78, 5) is 28.6. The molecule has 1 N–H and O–H groups in total. The molecule has 0 saturated carbocycles. The summed E-state index contributed by atoms with van der Waals surface area (Å²) in [6.07, 6.45) is 1.24. The smallest absolute Gasteiger partial charge is 0.242 e. The molecule has 0 aliphatic carbocycles. The quantitative estimate of drug-likeness (QED) is 0.353. The fourth-order valence-corrected chi connectivity index (χ4v) is 4.34. The second kappa shape index (κ2) is 14.1. The first-order valence-electron chi connectivity index (χ1n) is 12.9. The van der Waals surface area contributed by atoms with Gasteiger partial charge < -0.3 is 19.7 Å². The lowest BCUT2D eigenvalue weighted by Crippen LogP contribution is -2.49. The predicted octanol–water partition coefficient (Wildman–Crippen LogP) is 5.11. The highest BCUT2D eigenvalue weighted by atomic mass is 16.5. The Labute approximate surface area is 220 Å². The van der Waals surface area contributed by atoms with Gasteiger partial charge in [0.2, 0.25) is 11.8 Å². The van der Waals surface area contributed by atoms with Crippen molar-refractivity contribution in [2.75, 3.05) is 20.3 Å². The largest absolute Gasteiger partial charge is 0.490 e. The Kier molecular flexibility index (Phi) is 10.6. The minimum absolute atomic E-state index is 0.0698. The Morgan fingerprint density at radius 2 is 1.54 bits per heavy atom. The lowest BCUT2D eigenvalue weighted by atomic mass is 10.0. The van der Waals surface area contributed by atoms with Gasteiger partial charge >= 0.3 is 0 Å². The summed E-state index contributed by atoms with van der Waals surface area (Å²) in [5.41, 5.74) is 4.10. The van der Waals surface area contributed by atoms with Crippen molar-refractivity contribution in [1.29, 1.82) is 0 Å². The molecule has 3 aromatic rings. The molecule has 6 heteroatoms. The van der Waals surface area contributed by atoms with Gasteiger partial charge in [0.15, 0.2) is 11.5 Å². The molecule has 0 saturated heterocycles. The Bertz CT molecular complexity index is 1160. The predicted molar refractivity (Wildman–Crippen MR) is 147 cm³/mol. The van der Waals surface area contributed by atoms with Crippen molar-refractivity contribution in [3.05, 3.63) is 95.1 Å². The van der Waals surface area contributed by atoms with E-state index in [0.29, 0.717) is 44.1 Å². The summed E-state index contributed by atoms with van der Waals surface area (Å²) in [7, 11) is 1.62. The van der Waals surface area contributed by atoms with Gasteiger partial charge in [0.05, 0.1) is 13.2 Å². The van der Waals surface area contributed by atoms with Crippen molar-refractivity contribution in [2.45, 2.75) is 52.6 Å². The van der Waals surface area contributed by atoms with E-state index in [-0.39, 0.29) is 18.2 Å². The molecular formula is C31H38N2O4. The van der Waals surface area contributed by atoms with E-state index in [1.807, 2.05) is 93.6 Å². The van der Waals surface area contributed by atoms with E-state index in [2.05, 4.69) is 5.32 Å². The highest BCUT2D eigenvalue weighted by Gasteiger charge is 2.30. The van der Waals surface area contributed by atoms with Gasteiger partial charge in [0.1, 0.15) is 6.04 Å². The number of ether oxygens (including phenoxy) is 2. The third-order valence-corrected chi connectivity index (χ3v) is 6.35. The first kappa shape index (κ1) is 27.8. The van der Waals surface area contributed by atoms with Gasteiger partial charge in [-0.25, -0.2) is 0 Å². The van der Waals surface area contributed by atoms with E-state index in [0.717, 1.165) is 22.3 Å². The number of carbonyl (C=O) groups excluding carboxylic acids is 2. The van der Waals surface area contributed by atoms with Crippen LogP contribution in [0.5, 0.6) is 11.5 Å². The van der Waals surface area contributed by atoms with Crippen molar-refractivity contribution >= 4 is 11.8 Å². The number of carbonyl (C=O) groups is 2. The van der Waals surface area contributed by atoms with Crippen molar-refractivity contribution in [3.63, 3.8) is 0 Å². The molecule has 0 aliphatic heterocycles. The van der Waals surface area contributed by atoms with Crippen LogP contribution in [0.2, 0.25) is 0 Å². The summed E-state index contributed by atoms with van der Waals surface area (Å²) < 4.78 is 11.4. The molecule has 6 nitrogen and oxygen atoms in total. The molecule has 2 amide bonds. The van der Waals surface area contributed by atoms with Crippen molar-refractivity contribution in [2.24, 2.45) is 0 Å². The summed E-state index contributed by atoms with van der Waals surface area (Å²) in [6, 6.07) is 23.0. The molecule has 0 spiro atoms. The summed E-state index contributed by atoms with van der Waals surface area (Å²) >= 11 is 0. The third kappa shape index (κ3) is 7.84. The normalized spacial score (nSPS) is 11.5. The Morgan fingerprint density at radius 1 is 0.865 bits per heavy atom. The van der Waals surface area contributed by atoms with Crippen LogP contribution in [0.25, 0.3) is 0 Å². The molecule has 196 valence electrons. The lowest BCUT2D eigenvalue weighted by Gasteiger charge is -2.31. The number of hydrogen-bond acceptors (Lipinski definition) is 4. The van der Waals surface area contributed by atoms with E-state index in [4.69, 9.17) is 9.47 Å². The van der Waals surface area contributed by atoms with E-state index < -0.39 is 6.04 Å². The van der Waals surface area contributed by atoms with Crippen LogP contribution in [0, 0.1) is 6.92 Å². The van der Waals surface area contributed by atoms with Gasteiger partial charge in [0, 0.05) is 26.4 Å². The minimum atomic E-state index is -0.626. The first-order valence-corrected chi connectivity index (χ1v) is 12.9. The van der Waals surface area contributed by atoms with E-state index >= 15 is 0 Å². The number of nitrogens with zero attached hydrogens (tertiary/aromatic N) is 1. The zero-order valence-corrected chi connectivity index (χ0v) is 22.3. The number of amides is 2. The van der Waals surface area contributed by atoms with E-state index in [1.165, 1.54) is 0 Å². The Hall–Kier alpha value is -3.80. The van der Waals surface area contributed by atoms with E-state index in [9.17, 15) is 9.59 Å². The van der Waals surface area contributed by atoms with Crippen molar-refractivity contribution in [1.82, 2.24) is 10.2 Å². The van der Waals surface area contributed by atoms with Crippen LogP contribution in [0.4, 0.5) is 0 Å². The molecule has 3 rings (SSSR count). The van der Waals surface area contributed by atoms with Crippen LogP contribution < -0.4 is 14.8 Å². The highest BCUT2D eigenvalue weighted by Crippen LogP contribution is 2.29. The van der Waals surface area contributed by atoms with Crippen LogP contribution in [-0.4, -0.2) is 43.0 Å². The zero-order valence-electron chi connectivity index (χ0n) is 22.3. The number of aryl methyl sites for hydroxylation is 2. The molecule has 0 bridgehead atoms. The van der Waals surface area contributed by atoms with Crippen LogP contribution in [-0.2, 0) is 29.0 Å². The third-order valence-electron chi connectivity index (χ3n) is 6.35. The van der Waals surface area contributed by atoms with Gasteiger partial charge in [-0.1, -0.05) is 60.7 Å². The lowest BCUT2D eigenvalue weighted by molar-refractivity contribution is -0.141. The summed E-state index contributed by atoms with van der Waals surface area (Å²) in [5.74, 6) is 1.13. The van der Waals surface area contributed by atoms with Gasteiger partial charge in [-0.05, 0) is 61.6 Å². The average Bonchev–Trinajstić information content (AvgIpc) is 2.92. The van der Waals surface area contributed by atoms with Crippen LogP contribution in [0.3, 0.4) is 0 Å². The topological polar surface area (TPSA) is 67.9 Å². The molecule has 0 aliphatic rings. The monoisotopic (exact) mass is 502 g/mol. The SMILES string of the molecule is CCOc1ccc(CCC(=O)N(Cc2ccccc2C)[C@H](Cc2ccccc2)C(=O)NC)cc1OCC. The van der Waals surface area contributed by atoms with Gasteiger partial charge in [0.25, 0.3) is 0 Å². The maximum Gasteiger partial charge on any atom is 0.242 e. The van der Waals surface area contributed by atoms with Crippen LogP contribution >= 0.6 is 0 Å². The fraction of sp³-hybridized carbons (Fsp3) is 0.355. The first-order chi connectivity index (χ1) is 18.0. The molecule has 0 fully saturated rings. The van der Waals surface area contributed by atoms with Gasteiger partial charge in [-0.15, -0.1) is 0 Å². The van der Waals surface area contributed by atoms with Crippen molar-refractivity contribution < 1.29 is 19.1 Å². The summed E-state index contributed by atoms with van der Waals surface area (Å²) in [6.45, 7) is 7.34. The van der Waals surface area contributed by atoms with Crippen LogP contribution in [0.1, 0.15) is 42.5 Å². The molecule has 0 aromatic heterocycles. The zero-order chi connectivity index (χ0) is 26.6. The number of rotatable bonds is 13.